The molecule has 0 saturated heterocycles. The second kappa shape index (κ2) is 9.73. The van der Waals surface area contributed by atoms with Crippen molar-refractivity contribution in [3.63, 3.8) is 0 Å². The van der Waals surface area contributed by atoms with Gasteiger partial charge >= 0.3 is 10.1 Å². The molecule has 2 atom stereocenters. The second-order valence-electron chi connectivity index (χ2n) is 7.27. The van der Waals surface area contributed by atoms with Gasteiger partial charge in [0.15, 0.2) is 0 Å². The highest BCUT2D eigenvalue weighted by atomic mass is 32.2. The van der Waals surface area contributed by atoms with Crippen molar-refractivity contribution in [1.29, 1.82) is 0 Å². The van der Waals surface area contributed by atoms with Crippen LogP contribution in [0.3, 0.4) is 0 Å². The van der Waals surface area contributed by atoms with Crippen LogP contribution in [0.5, 0.6) is 17.2 Å². The zero-order chi connectivity index (χ0) is 20.9. The van der Waals surface area contributed by atoms with Crippen LogP contribution in [0.2, 0.25) is 0 Å². The first-order chi connectivity index (χ1) is 13.8. The number of aryl methyl sites for hydroxylation is 1. The maximum Gasteiger partial charge on any atom is 0.309 e. The Hall–Kier alpha value is -1.90. The Labute approximate surface area is 177 Å². The molecule has 6 nitrogen and oxygen atoms in total. The highest BCUT2D eigenvalue weighted by Crippen LogP contribution is 2.33. The lowest BCUT2D eigenvalue weighted by Gasteiger charge is -2.19. The van der Waals surface area contributed by atoms with Gasteiger partial charge in [-0.15, -0.1) is 11.8 Å². The molecule has 0 amide bonds. The van der Waals surface area contributed by atoms with Gasteiger partial charge in [0.05, 0.1) is 18.9 Å². The summed E-state index contributed by atoms with van der Waals surface area (Å²) in [5.41, 5.74) is 1.21. The third-order valence-electron chi connectivity index (χ3n) is 4.51. The minimum Gasteiger partial charge on any atom is -0.497 e. The van der Waals surface area contributed by atoms with E-state index in [9.17, 15) is 8.42 Å². The summed E-state index contributed by atoms with van der Waals surface area (Å²) in [6.45, 7) is 5.09. The zero-order valence-corrected chi connectivity index (χ0v) is 18.5. The minimum absolute atomic E-state index is 0.0633. The van der Waals surface area contributed by atoms with Crippen LogP contribution in [0.4, 0.5) is 0 Å². The van der Waals surface area contributed by atoms with Crippen molar-refractivity contribution in [2.75, 3.05) is 31.8 Å². The summed E-state index contributed by atoms with van der Waals surface area (Å²) >= 11 is 1.76. The fourth-order valence-corrected chi connectivity index (χ4v) is 5.40. The lowest BCUT2D eigenvalue weighted by molar-refractivity contribution is 0.270. The minimum atomic E-state index is -3.68. The molecule has 2 aromatic rings. The molecule has 0 radical (unpaired) electrons. The van der Waals surface area contributed by atoms with E-state index in [-0.39, 0.29) is 23.5 Å². The molecule has 0 fully saturated rings. The molecule has 0 aromatic heterocycles. The van der Waals surface area contributed by atoms with Gasteiger partial charge in [-0.2, -0.15) is 8.42 Å². The third kappa shape index (κ3) is 6.55. The van der Waals surface area contributed by atoms with Gasteiger partial charge in [0.1, 0.15) is 23.9 Å². The van der Waals surface area contributed by atoms with Crippen LogP contribution < -0.4 is 19.0 Å². The van der Waals surface area contributed by atoms with Gasteiger partial charge in [0.25, 0.3) is 0 Å². The van der Waals surface area contributed by atoms with Gasteiger partial charge in [-0.3, -0.25) is 0 Å². The van der Waals surface area contributed by atoms with Crippen molar-refractivity contribution in [1.82, 2.24) is 5.32 Å². The number of ether oxygens (including phenoxy) is 2. The van der Waals surface area contributed by atoms with E-state index in [2.05, 4.69) is 18.3 Å². The normalized spacial score (nSPS) is 17.6. The molecule has 0 spiro atoms. The van der Waals surface area contributed by atoms with E-state index in [0.29, 0.717) is 18.9 Å². The van der Waals surface area contributed by atoms with Gasteiger partial charge < -0.3 is 19.0 Å². The summed E-state index contributed by atoms with van der Waals surface area (Å²) in [6.07, 6.45) is 0. The van der Waals surface area contributed by atoms with Gasteiger partial charge in [0, 0.05) is 10.6 Å². The van der Waals surface area contributed by atoms with E-state index in [4.69, 9.17) is 13.7 Å². The van der Waals surface area contributed by atoms with E-state index < -0.39 is 10.1 Å². The third-order valence-corrected chi connectivity index (χ3v) is 7.13. The highest BCUT2D eigenvalue weighted by molar-refractivity contribution is 7.99. The number of fused-ring (bicyclic) bond motifs is 1. The van der Waals surface area contributed by atoms with Crippen LogP contribution in [-0.4, -0.2) is 46.2 Å². The summed E-state index contributed by atoms with van der Waals surface area (Å²) in [5, 5.41) is 3.43. The average molecular weight is 438 g/mol. The first-order valence-corrected chi connectivity index (χ1v) is 12.1. The van der Waals surface area contributed by atoms with Crippen molar-refractivity contribution in [3.8, 4) is 17.2 Å². The maximum absolute atomic E-state index is 12.3. The van der Waals surface area contributed by atoms with Crippen LogP contribution >= 0.6 is 11.8 Å². The molecular weight excluding hydrogens is 410 g/mol. The zero-order valence-electron chi connectivity index (χ0n) is 16.9. The van der Waals surface area contributed by atoms with Crippen molar-refractivity contribution < 1.29 is 22.1 Å². The van der Waals surface area contributed by atoms with Crippen LogP contribution in [0, 0.1) is 12.8 Å². The molecule has 29 heavy (non-hydrogen) atoms. The number of rotatable bonds is 8. The molecule has 0 aliphatic carbocycles. The summed E-state index contributed by atoms with van der Waals surface area (Å²) in [4.78, 5) is 1.15. The number of methoxy groups -OCH3 is 1. The SMILES string of the molecule is COc1ccc(OS(=O)(=O)CC(C)CNC2COc3ccc(C)cc3SC2)cc1. The lowest BCUT2D eigenvalue weighted by Crippen LogP contribution is -2.40. The van der Waals surface area contributed by atoms with Crippen molar-refractivity contribution in [2.24, 2.45) is 5.92 Å². The number of nitrogens with one attached hydrogen (secondary N) is 1. The number of hydrogen-bond acceptors (Lipinski definition) is 7. The Morgan fingerprint density at radius 3 is 2.66 bits per heavy atom. The molecule has 0 bridgehead atoms. The Balaban J connectivity index is 1.47. The van der Waals surface area contributed by atoms with Crippen molar-refractivity contribution >= 4 is 21.9 Å². The van der Waals surface area contributed by atoms with Crippen LogP contribution in [0.1, 0.15) is 12.5 Å². The number of thioether (sulfide) groups is 1. The van der Waals surface area contributed by atoms with E-state index in [0.717, 1.165) is 16.4 Å². The molecule has 1 aliphatic rings. The summed E-state index contributed by atoms with van der Waals surface area (Å²) < 4.78 is 40.9. The molecule has 0 saturated carbocycles. The maximum atomic E-state index is 12.3. The molecular formula is C21H27NO5S2. The fourth-order valence-electron chi connectivity index (χ4n) is 2.98. The Morgan fingerprint density at radius 2 is 1.93 bits per heavy atom. The lowest BCUT2D eigenvalue weighted by atomic mass is 10.2. The molecule has 1 aliphatic heterocycles. The predicted molar refractivity (Wildman–Crippen MR) is 116 cm³/mol. The Kier molecular flexibility index (Phi) is 7.32. The molecule has 1 N–H and O–H groups in total. The topological polar surface area (TPSA) is 73.9 Å². The standard InChI is InChI=1S/C21H27NO5S2/c1-15-4-9-20-21(10-15)28-13-17(12-26-20)22-11-16(2)14-29(23,24)27-19-7-5-18(25-3)6-8-19/h4-10,16-17,22H,11-14H2,1-3H3. The van der Waals surface area contributed by atoms with E-state index in [1.54, 1.807) is 43.1 Å². The molecule has 158 valence electrons. The highest BCUT2D eigenvalue weighted by Gasteiger charge is 2.21. The van der Waals surface area contributed by atoms with Gasteiger partial charge in [-0.25, -0.2) is 0 Å². The first-order valence-electron chi connectivity index (χ1n) is 9.50. The molecule has 8 heteroatoms. The van der Waals surface area contributed by atoms with E-state index in [1.165, 1.54) is 5.56 Å². The quantitative estimate of drug-likeness (QED) is 0.634. The van der Waals surface area contributed by atoms with Crippen molar-refractivity contribution in [2.45, 2.75) is 24.8 Å². The van der Waals surface area contributed by atoms with Crippen LogP contribution in [0.15, 0.2) is 47.4 Å². The second-order valence-corrected chi connectivity index (χ2v) is 9.94. The molecule has 1 heterocycles. The molecule has 2 unspecified atom stereocenters. The van der Waals surface area contributed by atoms with Crippen LogP contribution in [-0.2, 0) is 10.1 Å². The number of hydrogen-bond donors (Lipinski definition) is 1. The van der Waals surface area contributed by atoms with Gasteiger partial charge in [-0.05, 0) is 61.3 Å². The van der Waals surface area contributed by atoms with Crippen LogP contribution in [0.25, 0.3) is 0 Å². The Morgan fingerprint density at radius 1 is 1.21 bits per heavy atom. The monoisotopic (exact) mass is 437 g/mol. The Bertz CT molecular complexity index is 915. The van der Waals surface area contributed by atoms with E-state index >= 15 is 0 Å². The van der Waals surface area contributed by atoms with Crippen molar-refractivity contribution in [3.05, 3.63) is 48.0 Å². The average Bonchev–Trinajstić information content (AvgIpc) is 2.88. The predicted octanol–water partition coefficient (Wildman–Crippen LogP) is 3.49. The summed E-state index contributed by atoms with van der Waals surface area (Å²) in [5.74, 6) is 2.55. The fraction of sp³-hybridized carbons (Fsp3) is 0.429. The van der Waals surface area contributed by atoms with E-state index in [1.807, 2.05) is 19.1 Å². The smallest absolute Gasteiger partial charge is 0.309 e. The van der Waals surface area contributed by atoms with Gasteiger partial charge in [0.2, 0.25) is 0 Å². The summed E-state index contributed by atoms with van der Waals surface area (Å²) in [6, 6.07) is 12.8. The summed E-state index contributed by atoms with van der Waals surface area (Å²) in [7, 11) is -2.12. The van der Waals surface area contributed by atoms with Gasteiger partial charge in [-0.1, -0.05) is 13.0 Å². The molecule has 3 rings (SSSR count). The largest absolute Gasteiger partial charge is 0.497 e. The first kappa shape index (κ1) is 21.8. The number of benzene rings is 2. The molecule has 2 aromatic carbocycles.